The summed E-state index contributed by atoms with van der Waals surface area (Å²) in [6.45, 7) is 0. The van der Waals surface area contributed by atoms with E-state index in [2.05, 4.69) is 254 Å². The van der Waals surface area contributed by atoms with Crippen molar-refractivity contribution in [3.8, 4) is 44.5 Å². The zero-order chi connectivity index (χ0) is 46.2. The van der Waals surface area contributed by atoms with Gasteiger partial charge in [0.1, 0.15) is 11.2 Å². The van der Waals surface area contributed by atoms with E-state index in [4.69, 9.17) is 4.42 Å². The lowest BCUT2D eigenvalue weighted by molar-refractivity contribution is 0.669. The molecule has 2 heterocycles. The number of fused-ring (bicyclic) bond motifs is 9. The summed E-state index contributed by atoms with van der Waals surface area (Å²) in [5, 5.41) is 4.92. The van der Waals surface area contributed by atoms with Crippen molar-refractivity contribution < 1.29 is 4.42 Å². The SMILES string of the molecule is c1ccc(C2(c3ccccc3)c3ccccc3-c3cc(N(c4ccc(-c5ccc(-c6ccc7sc8ccccc8c7c6)cc5)cc4)c4ccc(-c5ccc6c(c5)oc5ccccc56)cc4)ccc32)cc1. The summed E-state index contributed by atoms with van der Waals surface area (Å²) in [6.07, 6.45) is 0. The van der Waals surface area contributed by atoms with Crippen molar-refractivity contribution in [1.29, 1.82) is 0 Å². The van der Waals surface area contributed by atoms with Crippen molar-refractivity contribution in [2.45, 2.75) is 5.41 Å². The summed E-state index contributed by atoms with van der Waals surface area (Å²) in [5.74, 6) is 0. The molecule has 0 aliphatic heterocycles. The normalized spacial score (nSPS) is 12.7. The Hall–Kier alpha value is -8.76. The van der Waals surface area contributed by atoms with E-state index in [1.807, 2.05) is 23.5 Å². The quantitative estimate of drug-likeness (QED) is 0.151. The molecule has 2 nitrogen and oxygen atoms in total. The predicted molar refractivity (Wildman–Crippen MR) is 295 cm³/mol. The average Bonchev–Trinajstić information content (AvgIpc) is 4.10. The topological polar surface area (TPSA) is 16.4 Å². The molecule has 13 aromatic rings. The fraction of sp³-hybridized carbons (Fsp3) is 0.0149. The first-order chi connectivity index (χ1) is 34.7. The maximum atomic E-state index is 6.31. The zero-order valence-electron chi connectivity index (χ0n) is 38.1. The molecule has 3 heteroatoms. The van der Waals surface area contributed by atoms with E-state index in [1.54, 1.807) is 0 Å². The van der Waals surface area contributed by atoms with Crippen LogP contribution in [0.25, 0.3) is 86.6 Å². The number of thiophene rings is 1. The summed E-state index contributed by atoms with van der Waals surface area (Å²) < 4.78 is 8.96. The fourth-order valence-corrected chi connectivity index (χ4v) is 12.4. The lowest BCUT2D eigenvalue weighted by Crippen LogP contribution is -2.28. The number of hydrogen-bond acceptors (Lipinski definition) is 3. The Balaban J connectivity index is 0.864. The maximum Gasteiger partial charge on any atom is 0.136 e. The van der Waals surface area contributed by atoms with Crippen LogP contribution in [0.5, 0.6) is 0 Å². The molecule has 0 spiro atoms. The number of para-hydroxylation sites is 1. The van der Waals surface area contributed by atoms with Crippen molar-refractivity contribution in [2.24, 2.45) is 0 Å². The molecule has 328 valence electrons. The number of furan rings is 1. The number of hydrogen-bond donors (Lipinski definition) is 0. The van der Waals surface area contributed by atoms with E-state index in [0.717, 1.165) is 50.1 Å². The van der Waals surface area contributed by atoms with E-state index in [1.165, 1.54) is 75.8 Å². The molecule has 0 N–H and O–H groups in total. The smallest absolute Gasteiger partial charge is 0.136 e. The second-order valence-electron chi connectivity index (χ2n) is 18.4. The van der Waals surface area contributed by atoms with Gasteiger partial charge in [0.15, 0.2) is 0 Å². The minimum atomic E-state index is -0.470. The minimum absolute atomic E-state index is 0.470. The first-order valence-electron chi connectivity index (χ1n) is 24.0. The van der Waals surface area contributed by atoms with Crippen LogP contribution in [0.15, 0.2) is 265 Å². The molecule has 0 unspecified atom stereocenters. The Morgan fingerprint density at radius 1 is 0.300 bits per heavy atom. The van der Waals surface area contributed by atoms with Crippen LogP contribution in [-0.2, 0) is 5.41 Å². The van der Waals surface area contributed by atoms with E-state index < -0.39 is 5.41 Å². The van der Waals surface area contributed by atoms with Gasteiger partial charge in [-0.1, -0.05) is 188 Å². The molecule has 0 amide bonds. The highest BCUT2D eigenvalue weighted by molar-refractivity contribution is 7.25. The highest BCUT2D eigenvalue weighted by atomic mass is 32.1. The predicted octanol–water partition coefficient (Wildman–Crippen LogP) is 18.8. The third kappa shape index (κ3) is 6.40. The molecule has 2 aromatic heterocycles. The summed E-state index contributed by atoms with van der Waals surface area (Å²) in [4.78, 5) is 2.40. The van der Waals surface area contributed by atoms with Crippen LogP contribution in [-0.4, -0.2) is 0 Å². The van der Waals surface area contributed by atoms with Crippen LogP contribution in [0.1, 0.15) is 22.3 Å². The largest absolute Gasteiger partial charge is 0.456 e. The van der Waals surface area contributed by atoms with Gasteiger partial charge in [0.2, 0.25) is 0 Å². The third-order valence-electron chi connectivity index (χ3n) is 14.6. The van der Waals surface area contributed by atoms with Crippen molar-refractivity contribution in [2.75, 3.05) is 4.90 Å². The standard InChI is InChI=1S/C67H43NOS/c1-3-13-50(14-4-1)67(51-15-5-2-6-16-51)61-20-10-7-17-55(61)59-43-54(37-39-62(59)67)68(53-35-29-47(30-36-53)49-31-38-57-56-18-8-11-21-63(56)69-64(57)42-49)52-33-27-45(28-34-52)44-23-25-46(26-24-44)48-32-40-66-60(41-48)58-19-9-12-22-65(58)70-66/h1-43H. The molecule has 70 heavy (non-hydrogen) atoms. The molecule has 11 aromatic carbocycles. The fourth-order valence-electron chi connectivity index (χ4n) is 11.3. The lowest BCUT2D eigenvalue weighted by Gasteiger charge is -2.34. The second kappa shape index (κ2) is 16.2. The average molecular weight is 910 g/mol. The lowest BCUT2D eigenvalue weighted by atomic mass is 9.68. The Kier molecular flexibility index (Phi) is 9.33. The van der Waals surface area contributed by atoms with Gasteiger partial charge in [-0.05, 0) is 140 Å². The first-order valence-corrected chi connectivity index (χ1v) is 24.8. The van der Waals surface area contributed by atoms with Crippen molar-refractivity contribution in [3.05, 3.63) is 283 Å². The maximum absolute atomic E-state index is 6.31. The van der Waals surface area contributed by atoms with Gasteiger partial charge < -0.3 is 9.32 Å². The molecular weight excluding hydrogens is 867 g/mol. The Bertz CT molecular complexity index is 4050. The highest BCUT2D eigenvalue weighted by Crippen LogP contribution is 2.57. The van der Waals surface area contributed by atoms with E-state index in [0.29, 0.717) is 0 Å². The molecule has 0 radical (unpaired) electrons. The molecule has 0 saturated heterocycles. The summed E-state index contributed by atoms with van der Waals surface area (Å²) in [7, 11) is 0. The number of benzene rings is 11. The van der Waals surface area contributed by atoms with Gasteiger partial charge in [-0.25, -0.2) is 0 Å². The van der Waals surface area contributed by atoms with Crippen LogP contribution < -0.4 is 4.90 Å². The van der Waals surface area contributed by atoms with Gasteiger partial charge in [-0.3, -0.25) is 0 Å². The van der Waals surface area contributed by atoms with Gasteiger partial charge >= 0.3 is 0 Å². The molecule has 1 aliphatic carbocycles. The Morgan fingerprint density at radius 3 is 1.49 bits per heavy atom. The van der Waals surface area contributed by atoms with Gasteiger partial charge in [0.25, 0.3) is 0 Å². The van der Waals surface area contributed by atoms with E-state index >= 15 is 0 Å². The molecule has 0 fully saturated rings. The van der Waals surface area contributed by atoms with Crippen molar-refractivity contribution in [1.82, 2.24) is 0 Å². The van der Waals surface area contributed by atoms with Crippen molar-refractivity contribution >= 4 is 70.5 Å². The first kappa shape index (κ1) is 40.3. The third-order valence-corrected chi connectivity index (χ3v) is 15.7. The van der Waals surface area contributed by atoms with Crippen LogP contribution in [0.3, 0.4) is 0 Å². The summed E-state index contributed by atoms with van der Waals surface area (Å²) >= 11 is 1.86. The Morgan fingerprint density at radius 2 is 0.786 bits per heavy atom. The highest BCUT2D eigenvalue weighted by Gasteiger charge is 2.46. The number of anilines is 3. The Labute approximate surface area is 410 Å². The van der Waals surface area contributed by atoms with Crippen molar-refractivity contribution in [3.63, 3.8) is 0 Å². The van der Waals surface area contributed by atoms with Crippen LogP contribution in [0.2, 0.25) is 0 Å². The molecule has 14 rings (SSSR count). The monoisotopic (exact) mass is 909 g/mol. The zero-order valence-corrected chi connectivity index (χ0v) is 38.9. The van der Waals surface area contributed by atoms with E-state index in [-0.39, 0.29) is 0 Å². The molecule has 1 aliphatic rings. The van der Waals surface area contributed by atoms with Gasteiger partial charge in [-0.15, -0.1) is 11.3 Å². The summed E-state index contributed by atoms with van der Waals surface area (Å²) in [6, 6.07) is 95.6. The molecule has 0 atom stereocenters. The van der Waals surface area contributed by atoms with E-state index in [9.17, 15) is 0 Å². The second-order valence-corrected chi connectivity index (χ2v) is 19.5. The number of rotatable bonds is 8. The van der Waals surface area contributed by atoms with Gasteiger partial charge in [0, 0.05) is 48.0 Å². The van der Waals surface area contributed by atoms with Gasteiger partial charge in [-0.2, -0.15) is 0 Å². The van der Waals surface area contributed by atoms with Gasteiger partial charge in [0.05, 0.1) is 5.41 Å². The number of nitrogens with zero attached hydrogens (tertiary/aromatic N) is 1. The molecule has 0 saturated carbocycles. The van der Waals surface area contributed by atoms with Crippen LogP contribution in [0.4, 0.5) is 17.1 Å². The molecule has 0 bridgehead atoms. The molecular formula is C67H43NOS. The van der Waals surface area contributed by atoms with Crippen LogP contribution >= 0.6 is 11.3 Å². The minimum Gasteiger partial charge on any atom is -0.456 e. The summed E-state index contributed by atoms with van der Waals surface area (Å²) in [5.41, 5.74) is 19.2. The van der Waals surface area contributed by atoms with Crippen LogP contribution in [0, 0.1) is 0 Å².